The molecular weight excluding hydrogens is 300 g/mol. The van der Waals surface area contributed by atoms with Gasteiger partial charge in [-0.25, -0.2) is 0 Å². The van der Waals surface area contributed by atoms with Crippen LogP contribution in [0.2, 0.25) is 0 Å². The number of hydrogen-bond donors (Lipinski definition) is 2. The quantitative estimate of drug-likeness (QED) is 0.767. The Morgan fingerprint density at radius 1 is 1.09 bits per heavy atom. The Labute approximate surface area is 132 Å². The third-order valence-electron chi connectivity index (χ3n) is 3.08. The molecule has 5 nitrogen and oxygen atoms in total. The van der Waals surface area contributed by atoms with Gasteiger partial charge >= 0.3 is 0 Å². The number of carbonyl (C=O) groups is 3. The molecule has 6 heteroatoms. The van der Waals surface area contributed by atoms with Crippen molar-refractivity contribution in [3.63, 3.8) is 0 Å². The first kappa shape index (κ1) is 15.9. The summed E-state index contributed by atoms with van der Waals surface area (Å²) >= 11 is 1.37. The van der Waals surface area contributed by atoms with Crippen LogP contribution in [-0.4, -0.2) is 17.6 Å². The van der Waals surface area contributed by atoms with E-state index in [4.69, 9.17) is 5.73 Å². The number of benzene rings is 1. The highest BCUT2D eigenvalue weighted by molar-refractivity contribution is 7.12. The van der Waals surface area contributed by atoms with E-state index in [0.717, 1.165) is 5.56 Å². The van der Waals surface area contributed by atoms with E-state index in [0.29, 0.717) is 17.0 Å². The zero-order chi connectivity index (χ0) is 15.9. The van der Waals surface area contributed by atoms with E-state index in [2.05, 4.69) is 5.32 Å². The smallest absolute Gasteiger partial charge is 0.248 e. The molecule has 0 aliphatic heterocycles. The van der Waals surface area contributed by atoms with Gasteiger partial charge in [0.1, 0.15) is 0 Å². The largest absolute Gasteiger partial charge is 0.366 e. The Bertz CT molecular complexity index is 680. The third-order valence-corrected chi connectivity index (χ3v) is 3.99. The predicted molar refractivity (Wildman–Crippen MR) is 84.7 cm³/mol. The summed E-state index contributed by atoms with van der Waals surface area (Å²) in [6.45, 7) is 0.299. The van der Waals surface area contributed by atoms with E-state index < -0.39 is 5.91 Å². The maximum Gasteiger partial charge on any atom is 0.248 e. The molecule has 114 valence electrons. The fourth-order valence-electron chi connectivity index (χ4n) is 1.91. The van der Waals surface area contributed by atoms with E-state index in [1.165, 1.54) is 11.3 Å². The highest BCUT2D eigenvalue weighted by Gasteiger charge is 2.10. The van der Waals surface area contributed by atoms with Crippen molar-refractivity contribution in [2.24, 2.45) is 5.73 Å². The highest BCUT2D eigenvalue weighted by atomic mass is 32.1. The van der Waals surface area contributed by atoms with Crippen LogP contribution in [0.3, 0.4) is 0 Å². The van der Waals surface area contributed by atoms with Crippen LogP contribution in [0.4, 0.5) is 0 Å². The molecule has 2 rings (SSSR count). The van der Waals surface area contributed by atoms with E-state index in [1.807, 2.05) is 11.4 Å². The molecule has 1 heterocycles. The van der Waals surface area contributed by atoms with Gasteiger partial charge in [0, 0.05) is 24.9 Å². The lowest BCUT2D eigenvalue weighted by molar-refractivity contribution is -0.121. The second-order valence-electron chi connectivity index (χ2n) is 4.74. The highest BCUT2D eigenvalue weighted by Crippen LogP contribution is 2.12. The Morgan fingerprint density at radius 3 is 2.59 bits per heavy atom. The number of Topliss-reactive ketones (excluding diaryl/α,β-unsaturated/α-hetero) is 1. The number of primary amides is 1. The molecule has 3 N–H and O–H groups in total. The molecule has 22 heavy (non-hydrogen) atoms. The van der Waals surface area contributed by atoms with Crippen molar-refractivity contribution in [3.8, 4) is 0 Å². The first-order valence-corrected chi connectivity index (χ1v) is 7.66. The van der Waals surface area contributed by atoms with Gasteiger partial charge in [-0.1, -0.05) is 18.2 Å². The lowest BCUT2D eigenvalue weighted by atomic mass is 10.1. The minimum Gasteiger partial charge on any atom is -0.366 e. The Balaban J connectivity index is 1.79. The molecule has 0 unspecified atom stereocenters. The molecular formula is C16H16N2O3S. The van der Waals surface area contributed by atoms with E-state index in [-0.39, 0.29) is 24.5 Å². The normalized spacial score (nSPS) is 10.2. The molecule has 0 atom stereocenters. The average Bonchev–Trinajstić information content (AvgIpc) is 3.05. The van der Waals surface area contributed by atoms with E-state index in [9.17, 15) is 14.4 Å². The Morgan fingerprint density at radius 2 is 1.91 bits per heavy atom. The molecule has 2 aromatic rings. The predicted octanol–water partition coefficient (Wildman–Crippen LogP) is 2.13. The molecule has 0 bridgehead atoms. The number of rotatable bonds is 7. The third kappa shape index (κ3) is 4.53. The van der Waals surface area contributed by atoms with Crippen molar-refractivity contribution >= 4 is 28.9 Å². The van der Waals surface area contributed by atoms with Crippen molar-refractivity contribution < 1.29 is 14.4 Å². The standard InChI is InChI=1S/C16H16N2O3S/c17-16(21)12-4-1-3-11(9-12)10-18-15(20)7-6-13(19)14-5-2-8-22-14/h1-5,8-9H,6-7,10H2,(H2,17,21)(H,18,20). The molecule has 1 aromatic carbocycles. The Kier molecular flexibility index (Phi) is 5.43. The summed E-state index contributed by atoms with van der Waals surface area (Å²) in [5.41, 5.74) is 6.39. The number of thiophene rings is 1. The molecule has 0 saturated carbocycles. The summed E-state index contributed by atoms with van der Waals surface area (Å²) in [6.07, 6.45) is 0.333. The number of nitrogens with one attached hydrogen (secondary N) is 1. The van der Waals surface area contributed by atoms with Crippen molar-refractivity contribution in [3.05, 3.63) is 57.8 Å². The first-order valence-electron chi connectivity index (χ1n) is 6.78. The maximum absolute atomic E-state index is 11.8. The number of hydrogen-bond acceptors (Lipinski definition) is 4. The SMILES string of the molecule is NC(=O)c1cccc(CNC(=O)CCC(=O)c2cccs2)c1. The van der Waals surface area contributed by atoms with Crippen molar-refractivity contribution in [2.75, 3.05) is 0 Å². The van der Waals surface area contributed by atoms with Crippen molar-refractivity contribution in [2.45, 2.75) is 19.4 Å². The van der Waals surface area contributed by atoms with Crippen molar-refractivity contribution in [1.29, 1.82) is 0 Å². The zero-order valence-corrected chi connectivity index (χ0v) is 12.7. The minimum absolute atomic E-state index is 0.0270. The van der Waals surface area contributed by atoms with Crippen LogP contribution >= 0.6 is 11.3 Å². The van der Waals surface area contributed by atoms with Gasteiger partial charge in [0.2, 0.25) is 11.8 Å². The Hall–Kier alpha value is -2.47. The number of nitrogens with two attached hydrogens (primary N) is 1. The van der Waals surface area contributed by atoms with Crippen LogP contribution in [0.25, 0.3) is 0 Å². The molecule has 0 radical (unpaired) electrons. The zero-order valence-electron chi connectivity index (χ0n) is 11.9. The monoisotopic (exact) mass is 316 g/mol. The van der Waals surface area contributed by atoms with E-state index in [1.54, 1.807) is 30.3 Å². The molecule has 1 aromatic heterocycles. The molecule has 0 spiro atoms. The van der Waals surface area contributed by atoms with Crippen LogP contribution < -0.4 is 11.1 Å². The fourth-order valence-corrected chi connectivity index (χ4v) is 2.61. The number of amides is 2. The second-order valence-corrected chi connectivity index (χ2v) is 5.69. The van der Waals surface area contributed by atoms with Crippen LogP contribution in [0, 0.1) is 0 Å². The summed E-state index contributed by atoms with van der Waals surface area (Å²) in [5.74, 6) is -0.731. The summed E-state index contributed by atoms with van der Waals surface area (Å²) in [7, 11) is 0. The summed E-state index contributed by atoms with van der Waals surface area (Å²) in [6, 6.07) is 10.3. The lowest BCUT2D eigenvalue weighted by Gasteiger charge is -2.06. The molecule has 0 aliphatic rings. The second kappa shape index (κ2) is 7.51. The lowest BCUT2D eigenvalue weighted by Crippen LogP contribution is -2.23. The average molecular weight is 316 g/mol. The van der Waals surface area contributed by atoms with Gasteiger partial charge in [0.25, 0.3) is 0 Å². The van der Waals surface area contributed by atoms with Crippen LogP contribution in [0.5, 0.6) is 0 Å². The molecule has 0 aliphatic carbocycles. The van der Waals surface area contributed by atoms with Gasteiger partial charge in [0.05, 0.1) is 4.88 Å². The molecule has 0 saturated heterocycles. The van der Waals surface area contributed by atoms with Gasteiger partial charge in [0.15, 0.2) is 5.78 Å². The molecule has 2 amide bonds. The van der Waals surface area contributed by atoms with Crippen LogP contribution in [-0.2, 0) is 11.3 Å². The molecule has 0 fully saturated rings. The fraction of sp³-hybridized carbons (Fsp3) is 0.188. The summed E-state index contributed by atoms with van der Waals surface area (Å²) < 4.78 is 0. The van der Waals surface area contributed by atoms with Gasteiger partial charge in [-0.05, 0) is 29.1 Å². The number of ketones is 1. The van der Waals surface area contributed by atoms with Gasteiger partial charge < -0.3 is 11.1 Å². The van der Waals surface area contributed by atoms with Gasteiger partial charge in [-0.15, -0.1) is 11.3 Å². The first-order chi connectivity index (χ1) is 10.6. The van der Waals surface area contributed by atoms with E-state index >= 15 is 0 Å². The maximum atomic E-state index is 11.8. The van der Waals surface area contributed by atoms with Crippen LogP contribution in [0.15, 0.2) is 41.8 Å². The van der Waals surface area contributed by atoms with Gasteiger partial charge in [-0.3, -0.25) is 14.4 Å². The van der Waals surface area contributed by atoms with Gasteiger partial charge in [-0.2, -0.15) is 0 Å². The topological polar surface area (TPSA) is 89.3 Å². The minimum atomic E-state index is -0.505. The van der Waals surface area contributed by atoms with Crippen LogP contribution in [0.1, 0.15) is 38.4 Å². The summed E-state index contributed by atoms with van der Waals surface area (Å²) in [5, 5.41) is 4.56. The number of carbonyl (C=O) groups excluding carboxylic acids is 3. The van der Waals surface area contributed by atoms with Crippen molar-refractivity contribution in [1.82, 2.24) is 5.32 Å². The summed E-state index contributed by atoms with van der Waals surface area (Å²) in [4.78, 5) is 35.3.